The number of benzene rings is 2. The molecule has 0 N–H and O–H groups in total. The fourth-order valence-electron chi connectivity index (χ4n) is 2.31. The van der Waals surface area contributed by atoms with Gasteiger partial charge < -0.3 is 4.74 Å². The summed E-state index contributed by atoms with van der Waals surface area (Å²) in [7, 11) is 0. The van der Waals surface area contributed by atoms with Crippen LogP contribution in [-0.4, -0.2) is 14.8 Å². The zero-order valence-corrected chi connectivity index (χ0v) is 13.2. The van der Waals surface area contributed by atoms with Crippen molar-refractivity contribution < 1.29 is 4.74 Å². The zero-order valence-electron chi connectivity index (χ0n) is 12.5. The minimum absolute atomic E-state index is 0.663. The fourth-order valence-corrected chi connectivity index (χ4v) is 2.42. The first-order valence-electron chi connectivity index (χ1n) is 6.98. The Morgan fingerprint density at radius 3 is 2.55 bits per heavy atom. The Morgan fingerprint density at radius 2 is 1.86 bits per heavy atom. The second kappa shape index (κ2) is 6.20. The van der Waals surface area contributed by atoms with Gasteiger partial charge in [-0.25, -0.2) is 9.67 Å². The van der Waals surface area contributed by atoms with E-state index in [-0.39, 0.29) is 0 Å². The van der Waals surface area contributed by atoms with Crippen LogP contribution in [0.2, 0.25) is 5.02 Å². The molecular weight excluding hydrogens is 298 g/mol. The van der Waals surface area contributed by atoms with Crippen molar-refractivity contribution in [2.24, 2.45) is 0 Å². The molecule has 0 aliphatic carbocycles. The molecule has 112 valence electrons. The molecular formula is C17H16ClN3O. The Labute approximate surface area is 134 Å². The van der Waals surface area contributed by atoms with Crippen LogP contribution in [0.25, 0.3) is 0 Å². The van der Waals surface area contributed by atoms with E-state index in [1.54, 1.807) is 11.0 Å². The van der Waals surface area contributed by atoms with Crippen LogP contribution in [0.1, 0.15) is 16.7 Å². The maximum absolute atomic E-state index is 6.19. The van der Waals surface area contributed by atoms with Crippen molar-refractivity contribution in [3.8, 4) is 11.5 Å². The third kappa shape index (κ3) is 3.28. The van der Waals surface area contributed by atoms with Gasteiger partial charge in [0.1, 0.15) is 24.2 Å². The molecule has 2 aromatic carbocycles. The molecule has 3 rings (SSSR count). The molecule has 0 saturated carbocycles. The van der Waals surface area contributed by atoms with E-state index in [2.05, 4.69) is 10.1 Å². The maximum Gasteiger partial charge on any atom is 0.137 e. The molecule has 0 unspecified atom stereocenters. The number of nitrogens with zero attached hydrogens (tertiary/aromatic N) is 3. The molecule has 0 spiro atoms. The predicted octanol–water partition coefficient (Wildman–Crippen LogP) is 4.39. The first kappa shape index (κ1) is 14.6. The Morgan fingerprint density at radius 1 is 1.09 bits per heavy atom. The van der Waals surface area contributed by atoms with Gasteiger partial charge in [-0.15, -0.1) is 0 Å². The summed E-state index contributed by atoms with van der Waals surface area (Å²) >= 11 is 6.19. The fraction of sp³-hybridized carbons (Fsp3) is 0.176. The third-order valence-electron chi connectivity index (χ3n) is 3.36. The minimum Gasteiger partial charge on any atom is -0.457 e. The molecule has 0 radical (unpaired) electrons. The highest BCUT2D eigenvalue weighted by Gasteiger charge is 2.05. The van der Waals surface area contributed by atoms with Crippen LogP contribution in [0.3, 0.4) is 0 Å². The number of ether oxygens (including phenoxy) is 1. The van der Waals surface area contributed by atoms with Crippen LogP contribution >= 0.6 is 11.6 Å². The second-order valence-corrected chi connectivity index (χ2v) is 5.59. The average molecular weight is 314 g/mol. The maximum atomic E-state index is 6.19. The van der Waals surface area contributed by atoms with Crippen LogP contribution in [-0.2, 0) is 6.54 Å². The number of aromatic nitrogens is 3. The molecule has 0 bridgehead atoms. The smallest absolute Gasteiger partial charge is 0.137 e. The summed E-state index contributed by atoms with van der Waals surface area (Å²) in [5.41, 5.74) is 3.12. The third-order valence-corrected chi connectivity index (χ3v) is 3.95. The van der Waals surface area contributed by atoms with Crippen molar-refractivity contribution in [2.75, 3.05) is 0 Å². The van der Waals surface area contributed by atoms with Gasteiger partial charge in [0.05, 0.1) is 6.54 Å². The highest BCUT2D eigenvalue weighted by Crippen LogP contribution is 2.29. The summed E-state index contributed by atoms with van der Waals surface area (Å²) in [6, 6.07) is 11.8. The number of aryl methyl sites for hydroxylation is 2. The van der Waals surface area contributed by atoms with Gasteiger partial charge in [0.2, 0.25) is 0 Å². The SMILES string of the molecule is Cc1cc(Oc2cccc(Cn3cncn3)c2)cc(C)c1Cl. The zero-order chi connectivity index (χ0) is 15.5. The summed E-state index contributed by atoms with van der Waals surface area (Å²) in [4.78, 5) is 3.94. The molecule has 0 saturated heterocycles. The Hall–Kier alpha value is -2.33. The van der Waals surface area contributed by atoms with Crippen LogP contribution in [0.5, 0.6) is 11.5 Å². The van der Waals surface area contributed by atoms with Gasteiger partial charge >= 0.3 is 0 Å². The van der Waals surface area contributed by atoms with E-state index in [0.717, 1.165) is 33.2 Å². The van der Waals surface area contributed by atoms with Crippen molar-refractivity contribution in [3.05, 3.63) is 70.8 Å². The molecule has 3 aromatic rings. The number of hydrogen-bond acceptors (Lipinski definition) is 3. The molecule has 5 heteroatoms. The Kier molecular flexibility index (Phi) is 4.11. The topological polar surface area (TPSA) is 39.9 Å². The molecule has 1 aromatic heterocycles. The summed E-state index contributed by atoms with van der Waals surface area (Å²) in [6.07, 6.45) is 3.22. The molecule has 1 heterocycles. The molecule has 0 amide bonds. The van der Waals surface area contributed by atoms with Crippen LogP contribution in [0, 0.1) is 13.8 Å². The molecule has 0 atom stereocenters. The second-order valence-electron chi connectivity index (χ2n) is 5.21. The quantitative estimate of drug-likeness (QED) is 0.717. The van der Waals surface area contributed by atoms with Crippen molar-refractivity contribution in [1.82, 2.24) is 14.8 Å². The lowest BCUT2D eigenvalue weighted by Crippen LogP contribution is -2.00. The van der Waals surface area contributed by atoms with Crippen molar-refractivity contribution >= 4 is 11.6 Å². The lowest BCUT2D eigenvalue weighted by atomic mass is 10.1. The van der Waals surface area contributed by atoms with Crippen molar-refractivity contribution in [1.29, 1.82) is 0 Å². The standard InChI is InChI=1S/C17H16ClN3O/c1-12-6-16(7-13(2)17(12)18)22-15-5-3-4-14(8-15)9-21-11-19-10-20-21/h3-8,10-11H,9H2,1-2H3. The van der Waals surface area contributed by atoms with Gasteiger partial charge in [0.25, 0.3) is 0 Å². The van der Waals surface area contributed by atoms with Crippen LogP contribution in [0.15, 0.2) is 49.1 Å². The first-order chi connectivity index (χ1) is 10.6. The summed E-state index contributed by atoms with van der Waals surface area (Å²) in [5, 5.41) is 4.89. The molecule has 22 heavy (non-hydrogen) atoms. The molecule has 0 aliphatic heterocycles. The van der Waals surface area contributed by atoms with Gasteiger partial charge in [-0.1, -0.05) is 23.7 Å². The van der Waals surface area contributed by atoms with E-state index in [0.29, 0.717) is 6.54 Å². The molecule has 0 fully saturated rings. The molecule has 4 nitrogen and oxygen atoms in total. The van der Waals surface area contributed by atoms with E-state index in [1.807, 2.05) is 50.2 Å². The van der Waals surface area contributed by atoms with Gasteiger partial charge in [-0.05, 0) is 54.8 Å². The summed E-state index contributed by atoms with van der Waals surface area (Å²) in [6.45, 7) is 4.61. The van der Waals surface area contributed by atoms with E-state index < -0.39 is 0 Å². The highest BCUT2D eigenvalue weighted by molar-refractivity contribution is 6.32. The van der Waals surface area contributed by atoms with Crippen LogP contribution in [0.4, 0.5) is 0 Å². The number of halogens is 1. The van der Waals surface area contributed by atoms with E-state index >= 15 is 0 Å². The minimum atomic E-state index is 0.663. The highest BCUT2D eigenvalue weighted by atomic mass is 35.5. The van der Waals surface area contributed by atoms with Gasteiger partial charge in [-0.3, -0.25) is 0 Å². The van der Waals surface area contributed by atoms with Gasteiger partial charge in [0.15, 0.2) is 0 Å². The van der Waals surface area contributed by atoms with Crippen LogP contribution < -0.4 is 4.74 Å². The van der Waals surface area contributed by atoms with Crippen molar-refractivity contribution in [3.63, 3.8) is 0 Å². The Balaban J connectivity index is 1.81. The molecule has 0 aliphatic rings. The normalized spacial score (nSPS) is 10.7. The summed E-state index contributed by atoms with van der Waals surface area (Å²) in [5.74, 6) is 1.58. The Bertz CT molecular complexity index is 761. The number of rotatable bonds is 4. The average Bonchev–Trinajstić information content (AvgIpc) is 2.98. The largest absolute Gasteiger partial charge is 0.457 e. The van der Waals surface area contributed by atoms with Gasteiger partial charge in [-0.2, -0.15) is 5.10 Å². The van der Waals surface area contributed by atoms with Crippen molar-refractivity contribution in [2.45, 2.75) is 20.4 Å². The first-order valence-corrected chi connectivity index (χ1v) is 7.35. The van der Waals surface area contributed by atoms with E-state index in [1.165, 1.54) is 6.33 Å². The lowest BCUT2D eigenvalue weighted by molar-refractivity contribution is 0.480. The van der Waals surface area contributed by atoms with E-state index in [4.69, 9.17) is 16.3 Å². The van der Waals surface area contributed by atoms with E-state index in [9.17, 15) is 0 Å². The lowest BCUT2D eigenvalue weighted by Gasteiger charge is -2.11. The number of hydrogen-bond donors (Lipinski definition) is 0. The van der Waals surface area contributed by atoms with Gasteiger partial charge in [0, 0.05) is 5.02 Å². The summed E-state index contributed by atoms with van der Waals surface area (Å²) < 4.78 is 7.72. The monoisotopic (exact) mass is 313 g/mol. The predicted molar refractivity (Wildman–Crippen MR) is 86.6 cm³/mol.